The molecule has 1 aromatic heterocycles. The summed E-state index contributed by atoms with van der Waals surface area (Å²) in [5, 5.41) is 10.9. The van der Waals surface area contributed by atoms with E-state index in [0.29, 0.717) is 0 Å². The van der Waals surface area contributed by atoms with Crippen molar-refractivity contribution in [2.45, 2.75) is 31.2 Å². The molecule has 1 aliphatic carbocycles. The molecule has 1 unspecified atom stereocenters. The van der Waals surface area contributed by atoms with Crippen LogP contribution in [0.4, 0.5) is 0 Å². The first-order valence-electron chi connectivity index (χ1n) is 8.80. The maximum Gasteiger partial charge on any atom is 0.225 e. The van der Waals surface area contributed by atoms with Crippen LogP contribution in [-0.4, -0.2) is 28.8 Å². The van der Waals surface area contributed by atoms with Gasteiger partial charge in [0, 0.05) is 32.3 Å². The van der Waals surface area contributed by atoms with Gasteiger partial charge < -0.3 is 10.6 Å². The Hall–Kier alpha value is -2.14. The average Bonchev–Trinajstić information content (AvgIpc) is 3.24. The van der Waals surface area contributed by atoms with Gasteiger partial charge >= 0.3 is 0 Å². The van der Waals surface area contributed by atoms with Gasteiger partial charge in [0.25, 0.3) is 0 Å². The average molecular weight is 324 g/mol. The Morgan fingerprint density at radius 3 is 3.04 bits per heavy atom. The number of carbonyl (C=O) groups is 1. The van der Waals surface area contributed by atoms with Gasteiger partial charge in [-0.15, -0.1) is 0 Å². The summed E-state index contributed by atoms with van der Waals surface area (Å²) in [7, 11) is 1.92. The standard InChI is InChI=1S/C19H24N4O/c1-23-12-14(9-21-23)16-10-20-11-17(16)19(24)22-18-8-4-6-13-5-2-3-7-15(13)18/h2-3,5,7,9,12,16-18,20H,4,6,8,10-11H2,1H3,(H,22,24)/t16-,17+,18?/m1/s1. The zero-order chi connectivity index (χ0) is 16.5. The molecule has 1 fully saturated rings. The number of nitrogens with zero attached hydrogens (tertiary/aromatic N) is 2. The van der Waals surface area contributed by atoms with Gasteiger partial charge in [0.05, 0.1) is 18.2 Å². The number of hydrogen-bond donors (Lipinski definition) is 2. The summed E-state index contributed by atoms with van der Waals surface area (Å²) >= 11 is 0. The normalized spacial score (nSPS) is 26.1. The van der Waals surface area contributed by atoms with E-state index >= 15 is 0 Å². The lowest BCUT2D eigenvalue weighted by Crippen LogP contribution is -2.38. The second-order valence-corrected chi connectivity index (χ2v) is 6.97. The van der Waals surface area contributed by atoms with Gasteiger partial charge in [-0.2, -0.15) is 5.10 Å². The molecule has 24 heavy (non-hydrogen) atoms. The summed E-state index contributed by atoms with van der Waals surface area (Å²) in [5.74, 6) is 0.344. The maximum atomic E-state index is 12.9. The van der Waals surface area contributed by atoms with Crippen LogP contribution < -0.4 is 10.6 Å². The van der Waals surface area contributed by atoms with Gasteiger partial charge in [0.1, 0.15) is 0 Å². The Kier molecular flexibility index (Phi) is 4.10. The van der Waals surface area contributed by atoms with Gasteiger partial charge in [-0.05, 0) is 36.0 Å². The lowest BCUT2D eigenvalue weighted by atomic mass is 9.86. The number of nitrogens with one attached hydrogen (secondary N) is 2. The van der Waals surface area contributed by atoms with Crippen LogP contribution in [0.15, 0.2) is 36.7 Å². The fraction of sp³-hybridized carbons (Fsp3) is 0.474. The number of amides is 1. The number of aromatic nitrogens is 2. The van der Waals surface area contributed by atoms with Crippen molar-refractivity contribution in [1.29, 1.82) is 0 Å². The molecule has 0 spiro atoms. The van der Waals surface area contributed by atoms with Crippen molar-refractivity contribution in [3.8, 4) is 0 Å². The molecule has 1 aromatic carbocycles. The minimum atomic E-state index is -0.0247. The van der Waals surface area contributed by atoms with Crippen molar-refractivity contribution in [2.75, 3.05) is 13.1 Å². The Balaban J connectivity index is 1.50. The number of hydrogen-bond acceptors (Lipinski definition) is 3. The summed E-state index contributed by atoms with van der Waals surface area (Å²) in [6, 6.07) is 8.65. The van der Waals surface area contributed by atoms with Crippen LogP contribution >= 0.6 is 0 Å². The molecule has 0 radical (unpaired) electrons. The summed E-state index contributed by atoms with van der Waals surface area (Å²) in [6.45, 7) is 1.57. The number of rotatable bonds is 3. The topological polar surface area (TPSA) is 59.0 Å². The van der Waals surface area contributed by atoms with E-state index in [2.05, 4.69) is 40.0 Å². The van der Waals surface area contributed by atoms with Gasteiger partial charge in [-0.3, -0.25) is 9.48 Å². The van der Waals surface area contributed by atoms with Crippen molar-refractivity contribution in [3.63, 3.8) is 0 Å². The van der Waals surface area contributed by atoms with Crippen LogP contribution in [0.25, 0.3) is 0 Å². The predicted octanol–water partition coefficient (Wildman–Crippen LogP) is 1.92. The Labute approximate surface area is 142 Å². The molecule has 5 heteroatoms. The first kappa shape index (κ1) is 15.4. The summed E-state index contributed by atoms with van der Waals surface area (Å²) in [6.07, 6.45) is 7.19. The van der Waals surface area contributed by atoms with E-state index in [1.54, 1.807) is 4.68 Å². The van der Waals surface area contributed by atoms with Gasteiger partial charge in [0.2, 0.25) is 5.91 Å². The smallest absolute Gasteiger partial charge is 0.225 e. The third-order valence-electron chi connectivity index (χ3n) is 5.39. The van der Waals surface area contributed by atoms with E-state index in [9.17, 15) is 4.79 Å². The van der Waals surface area contributed by atoms with Crippen LogP contribution in [0.5, 0.6) is 0 Å². The Bertz CT molecular complexity index is 738. The predicted molar refractivity (Wildman–Crippen MR) is 92.6 cm³/mol. The number of benzene rings is 1. The van der Waals surface area contributed by atoms with Crippen LogP contribution in [0.3, 0.4) is 0 Å². The van der Waals surface area contributed by atoms with Crippen LogP contribution in [0.1, 0.15) is 41.5 Å². The molecule has 1 saturated heterocycles. The van der Waals surface area contributed by atoms with Gasteiger partial charge in [-0.1, -0.05) is 24.3 Å². The molecule has 3 atom stereocenters. The zero-order valence-electron chi connectivity index (χ0n) is 14.0. The van der Waals surface area contributed by atoms with Crippen LogP contribution in [0, 0.1) is 5.92 Å². The highest BCUT2D eigenvalue weighted by molar-refractivity contribution is 5.81. The molecule has 1 amide bonds. The van der Waals surface area contributed by atoms with E-state index in [-0.39, 0.29) is 23.8 Å². The van der Waals surface area contributed by atoms with Crippen molar-refractivity contribution < 1.29 is 4.79 Å². The van der Waals surface area contributed by atoms with E-state index < -0.39 is 0 Å². The van der Waals surface area contributed by atoms with Crippen molar-refractivity contribution >= 4 is 5.91 Å². The minimum absolute atomic E-state index is 0.0247. The lowest BCUT2D eigenvalue weighted by molar-refractivity contribution is -0.125. The molecule has 0 bridgehead atoms. The first-order valence-corrected chi connectivity index (χ1v) is 8.80. The van der Waals surface area contributed by atoms with E-state index in [0.717, 1.165) is 37.9 Å². The molecular weight excluding hydrogens is 300 g/mol. The summed E-state index contributed by atoms with van der Waals surface area (Å²) in [4.78, 5) is 12.9. The molecule has 126 valence electrons. The summed E-state index contributed by atoms with van der Waals surface area (Å²) < 4.78 is 1.81. The molecule has 2 aliphatic rings. The third kappa shape index (κ3) is 2.84. The molecule has 2 aromatic rings. The molecule has 2 N–H and O–H groups in total. The van der Waals surface area contributed by atoms with Crippen LogP contribution in [0.2, 0.25) is 0 Å². The quantitative estimate of drug-likeness (QED) is 0.907. The van der Waals surface area contributed by atoms with Crippen LogP contribution in [-0.2, 0) is 18.3 Å². The fourth-order valence-corrected chi connectivity index (χ4v) is 4.12. The van der Waals surface area contributed by atoms with Gasteiger partial charge in [0.15, 0.2) is 0 Å². The lowest BCUT2D eigenvalue weighted by Gasteiger charge is -2.28. The Morgan fingerprint density at radius 2 is 2.21 bits per heavy atom. The highest BCUT2D eigenvalue weighted by atomic mass is 16.2. The number of fused-ring (bicyclic) bond motifs is 1. The zero-order valence-corrected chi connectivity index (χ0v) is 14.0. The van der Waals surface area contributed by atoms with Crippen molar-refractivity contribution in [1.82, 2.24) is 20.4 Å². The first-order chi connectivity index (χ1) is 11.7. The second kappa shape index (κ2) is 6.40. The number of aryl methyl sites for hydroxylation is 2. The molecular formula is C19H24N4O. The highest BCUT2D eigenvalue weighted by Gasteiger charge is 2.36. The van der Waals surface area contributed by atoms with Crippen molar-refractivity contribution in [3.05, 3.63) is 53.3 Å². The molecule has 2 heterocycles. The van der Waals surface area contributed by atoms with Crippen molar-refractivity contribution in [2.24, 2.45) is 13.0 Å². The minimum Gasteiger partial charge on any atom is -0.349 e. The summed E-state index contributed by atoms with van der Waals surface area (Å²) in [5.41, 5.74) is 3.81. The van der Waals surface area contributed by atoms with Gasteiger partial charge in [-0.25, -0.2) is 0 Å². The Morgan fingerprint density at radius 1 is 1.33 bits per heavy atom. The van der Waals surface area contributed by atoms with E-state index in [1.165, 1.54) is 11.1 Å². The second-order valence-electron chi connectivity index (χ2n) is 6.97. The number of carbonyl (C=O) groups excluding carboxylic acids is 1. The highest BCUT2D eigenvalue weighted by Crippen LogP contribution is 2.32. The van der Waals surface area contributed by atoms with E-state index in [4.69, 9.17) is 0 Å². The molecule has 4 rings (SSSR count). The fourth-order valence-electron chi connectivity index (χ4n) is 4.12. The van der Waals surface area contributed by atoms with E-state index in [1.807, 2.05) is 19.4 Å². The monoisotopic (exact) mass is 324 g/mol. The molecule has 1 aliphatic heterocycles. The maximum absolute atomic E-state index is 12.9. The molecule has 5 nitrogen and oxygen atoms in total. The molecule has 0 saturated carbocycles. The third-order valence-corrected chi connectivity index (χ3v) is 5.39. The largest absolute Gasteiger partial charge is 0.349 e. The SMILES string of the molecule is Cn1cc([C@H]2CNC[C@@H]2C(=O)NC2CCCc3ccccc32)cn1.